The monoisotopic (exact) mass is 381 g/mol. The number of thioether (sulfide) groups is 1. The molecule has 0 amide bonds. The number of hydrogen-bond acceptors (Lipinski definition) is 6. The molecule has 0 atom stereocenters. The Morgan fingerprint density at radius 1 is 1.50 bits per heavy atom. The average molecular weight is 382 g/mol. The van der Waals surface area contributed by atoms with Crippen LogP contribution in [0.3, 0.4) is 0 Å². The van der Waals surface area contributed by atoms with Gasteiger partial charge in [0.2, 0.25) is 5.76 Å². The summed E-state index contributed by atoms with van der Waals surface area (Å²) in [6, 6.07) is 5.62. The fourth-order valence-corrected chi connectivity index (χ4v) is 3.20. The van der Waals surface area contributed by atoms with E-state index in [1.54, 1.807) is 6.92 Å². The van der Waals surface area contributed by atoms with Crippen molar-refractivity contribution in [2.24, 2.45) is 0 Å². The molecule has 3 aromatic rings. The van der Waals surface area contributed by atoms with Crippen LogP contribution in [0.25, 0.3) is 11.0 Å². The lowest BCUT2D eigenvalue weighted by atomic mass is 10.1. The molecule has 0 fully saturated rings. The Bertz CT molecular complexity index is 801. The van der Waals surface area contributed by atoms with Crippen LogP contribution in [-0.4, -0.2) is 27.8 Å². The minimum atomic E-state index is -0.456. The van der Waals surface area contributed by atoms with Gasteiger partial charge in [0, 0.05) is 21.2 Å². The number of H-pyrrole nitrogens is 1. The van der Waals surface area contributed by atoms with E-state index < -0.39 is 5.97 Å². The van der Waals surface area contributed by atoms with Gasteiger partial charge in [-0.15, -0.1) is 0 Å². The molecule has 2 heterocycles. The van der Waals surface area contributed by atoms with E-state index in [0.717, 1.165) is 15.4 Å². The molecule has 6 nitrogen and oxygen atoms in total. The zero-order chi connectivity index (χ0) is 15.5. The van der Waals surface area contributed by atoms with Crippen LogP contribution in [0.2, 0.25) is 0 Å². The molecule has 0 aliphatic heterocycles. The highest BCUT2D eigenvalue weighted by Gasteiger charge is 2.22. The predicted molar refractivity (Wildman–Crippen MR) is 85.8 cm³/mol. The molecule has 2 aromatic heterocycles. The lowest BCUT2D eigenvalue weighted by molar-refractivity contribution is 0.0491. The van der Waals surface area contributed by atoms with Crippen LogP contribution >= 0.6 is 27.7 Å². The molecule has 114 valence electrons. The van der Waals surface area contributed by atoms with Gasteiger partial charge in [-0.1, -0.05) is 27.7 Å². The highest BCUT2D eigenvalue weighted by molar-refractivity contribution is 9.10. The number of carbonyl (C=O) groups is 1. The Kier molecular flexibility index (Phi) is 4.49. The number of ether oxygens (including phenoxy) is 1. The zero-order valence-corrected chi connectivity index (χ0v) is 14.0. The molecule has 0 saturated carbocycles. The number of nitrogens with zero attached hydrogens (tertiary/aromatic N) is 2. The van der Waals surface area contributed by atoms with E-state index in [9.17, 15) is 4.79 Å². The number of aromatic amines is 1. The van der Waals surface area contributed by atoms with Gasteiger partial charge in [-0.05, 0) is 25.1 Å². The summed E-state index contributed by atoms with van der Waals surface area (Å²) in [5, 5.41) is 8.14. The quantitative estimate of drug-likeness (QED) is 0.534. The van der Waals surface area contributed by atoms with Gasteiger partial charge in [-0.3, -0.25) is 5.10 Å². The Hall–Kier alpha value is -1.80. The molecule has 8 heteroatoms. The van der Waals surface area contributed by atoms with Gasteiger partial charge in [-0.25, -0.2) is 9.78 Å². The third-order valence-corrected chi connectivity index (χ3v) is 4.36. The number of halogens is 1. The first-order valence-corrected chi connectivity index (χ1v) is 8.33. The average Bonchev–Trinajstić information content (AvgIpc) is 3.12. The van der Waals surface area contributed by atoms with E-state index in [0.29, 0.717) is 23.1 Å². The summed E-state index contributed by atoms with van der Waals surface area (Å²) in [7, 11) is 0. The second-order valence-corrected chi connectivity index (χ2v) is 6.23. The largest absolute Gasteiger partial charge is 0.460 e. The summed E-state index contributed by atoms with van der Waals surface area (Å²) in [6.07, 6.45) is 1.44. The van der Waals surface area contributed by atoms with Crippen molar-refractivity contribution in [3.63, 3.8) is 0 Å². The number of aromatic nitrogens is 3. The highest BCUT2D eigenvalue weighted by Crippen LogP contribution is 2.33. The van der Waals surface area contributed by atoms with Gasteiger partial charge in [0.15, 0.2) is 5.16 Å². The second-order valence-electron chi connectivity index (χ2n) is 4.35. The van der Waals surface area contributed by atoms with Gasteiger partial charge in [0.1, 0.15) is 11.9 Å². The zero-order valence-electron chi connectivity index (χ0n) is 11.6. The van der Waals surface area contributed by atoms with Gasteiger partial charge in [-0.2, -0.15) is 5.10 Å². The number of furan rings is 1. The number of nitrogens with one attached hydrogen (secondary N) is 1. The first-order valence-electron chi connectivity index (χ1n) is 6.55. The number of esters is 1. The third-order valence-electron chi connectivity index (χ3n) is 2.96. The normalized spacial score (nSPS) is 11.0. The maximum atomic E-state index is 12.1. The fraction of sp³-hybridized carbons (Fsp3) is 0.214. The Morgan fingerprint density at radius 2 is 2.36 bits per heavy atom. The Labute approximate surface area is 138 Å². The summed E-state index contributed by atoms with van der Waals surface area (Å²) < 4.78 is 11.7. The van der Waals surface area contributed by atoms with Crippen LogP contribution in [0, 0.1) is 0 Å². The minimum absolute atomic E-state index is 0.238. The van der Waals surface area contributed by atoms with Crippen molar-refractivity contribution >= 4 is 44.6 Å². The van der Waals surface area contributed by atoms with Gasteiger partial charge >= 0.3 is 5.97 Å². The maximum Gasteiger partial charge on any atom is 0.374 e. The topological polar surface area (TPSA) is 81.0 Å². The van der Waals surface area contributed by atoms with E-state index in [2.05, 4.69) is 31.1 Å². The van der Waals surface area contributed by atoms with Gasteiger partial charge in [0.25, 0.3) is 0 Å². The molecule has 0 aliphatic carbocycles. The van der Waals surface area contributed by atoms with E-state index in [1.807, 2.05) is 18.2 Å². The molecule has 0 spiro atoms. The molecule has 0 aliphatic rings. The Morgan fingerprint density at radius 3 is 3.09 bits per heavy atom. The van der Waals surface area contributed by atoms with Crippen molar-refractivity contribution in [2.45, 2.75) is 17.8 Å². The second kappa shape index (κ2) is 6.53. The molecule has 1 aromatic carbocycles. The van der Waals surface area contributed by atoms with E-state index in [-0.39, 0.29) is 5.76 Å². The summed E-state index contributed by atoms with van der Waals surface area (Å²) in [6.45, 7) is 2.06. The molecular formula is C14H12BrN3O3S. The fourth-order valence-electron chi connectivity index (χ4n) is 2.03. The lowest BCUT2D eigenvalue weighted by Crippen LogP contribution is -2.05. The number of fused-ring (bicyclic) bond motifs is 1. The van der Waals surface area contributed by atoms with E-state index in [1.165, 1.54) is 18.1 Å². The van der Waals surface area contributed by atoms with Crippen molar-refractivity contribution in [3.05, 3.63) is 40.3 Å². The van der Waals surface area contributed by atoms with Crippen molar-refractivity contribution < 1.29 is 13.9 Å². The third kappa shape index (κ3) is 3.02. The smallest absolute Gasteiger partial charge is 0.374 e. The first-order chi connectivity index (χ1) is 10.7. The standard InChI is InChI=1S/C14H12BrN3O3S/c1-2-20-13(19)12-10(6-22-14-16-7-17-18-14)9-5-8(15)3-4-11(9)21-12/h3-5,7H,2,6H2,1H3,(H,16,17,18). The van der Waals surface area contributed by atoms with Crippen LogP contribution in [0.15, 0.2) is 38.6 Å². The highest BCUT2D eigenvalue weighted by atomic mass is 79.9. The molecule has 1 N–H and O–H groups in total. The van der Waals surface area contributed by atoms with Crippen LogP contribution in [0.5, 0.6) is 0 Å². The van der Waals surface area contributed by atoms with E-state index >= 15 is 0 Å². The van der Waals surface area contributed by atoms with Crippen molar-refractivity contribution in [1.29, 1.82) is 0 Å². The number of rotatable bonds is 5. The van der Waals surface area contributed by atoms with Crippen molar-refractivity contribution in [2.75, 3.05) is 6.61 Å². The van der Waals surface area contributed by atoms with Gasteiger partial charge < -0.3 is 9.15 Å². The molecule has 22 heavy (non-hydrogen) atoms. The number of benzene rings is 1. The van der Waals surface area contributed by atoms with Crippen LogP contribution < -0.4 is 0 Å². The minimum Gasteiger partial charge on any atom is -0.460 e. The summed E-state index contributed by atoms with van der Waals surface area (Å²) in [4.78, 5) is 16.2. The summed E-state index contributed by atoms with van der Waals surface area (Å²) in [5.41, 5.74) is 1.44. The summed E-state index contributed by atoms with van der Waals surface area (Å²) >= 11 is 4.88. The van der Waals surface area contributed by atoms with Crippen LogP contribution in [0.1, 0.15) is 23.0 Å². The summed E-state index contributed by atoms with van der Waals surface area (Å²) in [5.74, 6) is 0.303. The van der Waals surface area contributed by atoms with Crippen LogP contribution in [0.4, 0.5) is 0 Å². The molecule has 0 bridgehead atoms. The number of hydrogen-bond donors (Lipinski definition) is 1. The number of carbonyl (C=O) groups excluding carboxylic acids is 1. The lowest BCUT2D eigenvalue weighted by Gasteiger charge is -2.02. The van der Waals surface area contributed by atoms with Crippen LogP contribution in [-0.2, 0) is 10.5 Å². The molecule has 0 radical (unpaired) electrons. The van der Waals surface area contributed by atoms with Gasteiger partial charge in [0.05, 0.1) is 6.61 Å². The van der Waals surface area contributed by atoms with Crippen molar-refractivity contribution in [3.8, 4) is 0 Å². The SMILES string of the molecule is CCOC(=O)c1oc2ccc(Br)cc2c1CSc1ncn[nH]1. The first kappa shape index (κ1) is 15.1. The molecular weight excluding hydrogens is 370 g/mol. The van der Waals surface area contributed by atoms with E-state index in [4.69, 9.17) is 9.15 Å². The molecule has 0 saturated heterocycles. The maximum absolute atomic E-state index is 12.1. The molecule has 3 rings (SSSR count). The molecule has 0 unspecified atom stereocenters. The predicted octanol–water partition coefficient (Wildman–Crippen LogP) is 3.78. The van der Waals surface area contributed by atoms with Crippen molar-refractivity contribution in [1.82, 2.24) is 15.2 Å². The Balaban J connectivity index is 2.00.